The fraction of sp³-hybridized carbons (Fsp3) is 0.143. The normalized spacial score (nSPS) is 10.3. The first-order valence-corrected chi connectivity index (χ1v) is 5.58. The minimum atomic E-state index is -0.143. The van der Waals surface area contributed by atoms with Crippen LogP contribution in [0.4, 0.5) is 0 Å². The summed E-state index contributed by atoms with van der Waals surface area (Å²) in [6.45, 7) is 1.90. The molecule has 0 saturated heterocycles. The van der Waals surface area contributed by atoms with Crippen LogP contribution < -0.4 is 4.57 Å². The molecule has 0 radical (unpaired) electrons. The van der Waals surface area contributed by atoms with E-state index in [1.165, 1.54) is 13.0 Å². The second-order valence-electron chi connectivity index (χ2n) is 4.11. The van der Waals surface area contributed by atoms with Gasteiger partial charge >= 0.3 is 0 Å². The van der Waals surface area contributed by atoms with Gasteiger partial charge < -0.3 is 10.2 Å². The van der Waals surface area contributed by atoms with Crippen molar-refractivity contribution in [2.75, 3.05) is 0 Å². The van der Waals surface area contributed by atoms with Crippen molar-refractivity contribution < 1.29 is 19.6 Å². The van der Waals surface area contributed by atoms with Crippen molar-refractivity contribution in [3.8, 4) is 11.5 Å². The monoisotopic (exact) mass is 244 g/mol. The molecule has 0 aliphatic carbocycles. The van der Waals surface area contributed by atoms with Crippen molar-refractivity contribution in [3.63, 3.8) is 0 Å². The Labute approximate surface area is 105 Å². The van der Waals surface area contributed by atoms with E-state index in [0.29, 0.717) is 17.7 Å². The molecule has 0 saturated carbocycles. The first kappa shape index (κ1) is 12.1. The van der Waals surface area contributed by atoms with E-state index in [1.54, 1.807) is 41.2 Å². The van der Waals surface area contributed by atoms with Gasteiger partial charge in [-0.15, -0.1) is 0 Å². The lowest BCUT2D eigenvalue weighted by atomic mass is 10.1. The molecular weight excluding hydrogens is 230 g/mol. The Morgan fingerprint density at radius 1 is 1.22 bits per heavy atom. The van der Waals surface area contributed by atoms with Crippen LogP contribution in [0.2, 0.25) is 0 Å². The fourth-order valence-corrected chi connectivity index (χ4v) is 1.73. The standard InChI is InChI=1S/C14H13NO3/c1-10(16)11-5-3-7-15(8-11)9-12-4-2-6-13(17)14(12)18/h2-8H,9H2,1H3,(H-,17,18)/p+1. The zero-order valence-electron chi connectivity index (χ0n) is 10.00. The lowest BCUT2D eigenvalue weighted by Crippen LogP contribution is -2.34. The van der Waals surface area contributed by atoms with Crippen molar-refractivity contribution in [2.24, 2.45) is 0 Å². The van der Waals surface area contributed by atoms with Crippen molar-refractivity contribution in [3.05, 3.63) is 53.9 Å². The van der Waals surface area contributed by atoms with E-state index in [2.05, 4.69) is 0 Å². The summed E-state index contributed by atoms with van der Waals surface area (Å²) in [7, 11) is 0. The molecule has 0 aliphatic heterocycles. The largest absolute Gasteiger partial charge is 0.504 e. The highest BCUT2D eigenvalue weighted by atomic mass is 16.3. The molecule has 2 aromatic rings. The third-order valence-corrected chi connectivity index (χ3v) is 2.72. The Morgan fingerprint density at radius 3 is 2.72 bits per heavy atom. The molecule has 1 heterocycles. The van der Waals surface area contributed by atoms with E-state index in [9.17, 15) is 15.0 Å². The molecule has 0 aliphatic rings. The van der Waals surface area contributed by atoms with E-state index in [-0.39, 0.29) is 17.3 Å². The number of nitrogens with zero attached hydrogens (tertiary/aromatic N) is 1. The first-order chi connectivity index (χ1) is 8.58. The number of aromatic nitrogens is 1. The average molecular weight is 244 g/mol. The van der Waals surface area contributed by atoms with Gasteiger partial charge in [0.25, 0.3) is 0 Å². The Bertz CT molecular complexity index is 593. The van der Waals surface area contributed by atoms with Gasteiger partial charge in [-0.1, -0.05) is 6.07 Å². The molecule has 0 amide bonds. The number of pyridine rings is 1. The summed E-state index contributed by atoms with van der Waals surface area (Å²) in [6.07, 6.45) is 3.52. The molecule has 1 aromatic carbocycles. The average Bonchev–Trinajstić information content (AvgIpc) is 2.35. The topological polar surface area (TPSA) is 61.4 Å². The minimum Gasteiger partial charge on any atom is -0.504 e. The summed E-state index contributed by atoms with van der Waals surface area (Å²) < 4.78 is 1.78. The van der Waals surface area contributed by atoms with Crippen molar-refractivity contribution in [1.82, 2.24) is 0 Å². The molecule has 2 rings (SSSR count). The van der Waals surface area contributed by atoms with E-state index < -0.39 is 0 Å². The number of hydrogen-bond donors (Lipinski definition) is 2. The maximum Gasteiger partial charge on any atom is 0.179 e. The smallest absolute Gasteiger partial charge is 0.179 e. The summed E-state index contributed by atoms with van der Waals surface area (Å²) in [5.41, 5.74) is 1.21. The number of rotatable bonds is 3. The van der Waals surface area contributed by atoms with E-state index in [1.807, 2.05) is 0 Å². The molecule has 0 fully saturated rings. The van der Waals surface area contributed by atoms with Gasteiger partial charge in [0.15, 0.2) is 36.2 Å². The van der Waals surface area contributed by atoms with Crippen molar-refractivity contribution in [2.45, 2.75) is 13.5 Å². The molecule has 0 atom stereocenters. The second kappa shape index (κ2) is 4.87. The van der Waals surface area contributed by atoms with Crippen LogP contribution in [0.25, 0.3) is 0 Å². The number of ketones is 1. The molecule has 18 heavy (non-hydrogen) atoms. The third-order valence-electron chi connectivity index (χ3n) is 2.72. The van der Waals surface area contributed by atoms with Gasteiger partial charge in [-0.05, 0) is 25.1 Å². The van der Waals surface area contributed by atoms with Gasteiger partial charge in [-0.2, -0.15) is 4.57 Å². The maximum absolute atomic E-state index is 11.3. The number of para-hydroxylation sites is 1. The summed E-state index contributed by atoms with van der Waals surface area (Å²) in [6, 6.07) is 8.33. The van der Waals surface area contributed by atoms with E-state index >= 15 is 0 Å². The predicted molar refractivity (Wildman–Crippen MR) is 65.5 cm³/mol. The zero-order valence-corrected chi connectivity index (χ0v) is 10.00. The molecule has 2 N–H and O–H groups in total. The van der Waals surface area contributed by atoms with Gasteiger partial charge in [0.2, 0.25) is 0 Å². The van der Waals surface area contributed by atoms with E-state index in [0.717, 1.165) is 0 Å². The van der Waals surface area contributed by atoms with Crippen LogP contribution in [0.3, 0.4) is 0 Å². The number of Topliss-reactive ketones (excluding diaryl/α,β-unsaturated/α-hetero) is 1. The lowest BCUT2D eigenvalue weighted by molar-refractivity contribution is -0.688. The van der Waals surface area contributed by atoms with Crippen LogP contribution in [-0.2, 0) is 6.54 Å². The van der Waals surface area contributed by atoms with Crippen LogP contribution in [-0.4, -0.2) is 16.0 Å². The van der Waals surface area contributed by atoms with Gasteiger partial charge in [-0.25, -0.2) is 0 Å². The number of phenols is 2. The van der Waals surface area contributed by atoms with Gasteiger partial charge in [0, 0.05) is 6.07 Å². The third kappa shape index (κ3) is 2.48. The quantitative estimate of drug-likeness (QED) is 0.490. The van der Waals surface area contributed by atoms with Crippen LogP contribution in [0.15, 0.2) is 42.7 Å². The Balaban J connectivity index is 2.31. The minimum absolute atomic E-state index is 0.00974. The molecule has 0 bridgehead atoms. The highest BCUT2D eigenvalue weighted by Gasteiger charge is 2.12. The van der Waals surface area contributed by atoms with Crippen molar-refractivity contribution in [1.29, 1.82) is 0 Å². The molecular formula is C14H14NO3+. The molecule has 0 unspecified atom stereocenters. The summed E-state index contributed by atoms with van der Waals surface area (Å²) >= 11 is 0. The number of aromatic hydroxyl groups is 2. The van der Waals surface area contributed by atoms with Crippen LogP contribution in [0.5, 0.6) is 11.5 Å². The van der Waals surface area contributed by atoms with Crippen LogP contribution in [0, 0.1) is 0 Å². The Kier molecular flexibility index (Phi) is 3.28. The second-order valence-corrected chi connectivity index (χ2v) is 4.11. The number of hydrogen-bond acceptors (Lipinski definition) is 3. The van der Waals surface area contributed by atoms with Gasteiger partial charge in [0.05, 0.1) is 11.1 Å². The van der Waals surface area contributed by atoms with Crippen molar-refractivity contribution >= 4 is 5.78 Å². The molecule has 0 spiro atoms. The van der Waals surface area contributed by atoms with E-state index in [4.69, 9.17) is 0 Å². The van der Waals surface area contributed by atoms with Crippen LogP contribution in [0.1, 0.15) is 22.8 Å². The molecule has 4 nitrogen and oxygen atoms in total. The summed E-state index contributed by atoms with van der Waals surface area (Å²) in [5, 5.41) is 19.1. The number of phenolic OH excluding ortho intramolecular Hbond substituents is 2. The summed E-state index contributed by atoms with van der Waals surface area (Å²) in [5.74, 6) is -0.279. The predicted octanol–water partition coefficient (Wildman–Crippen LogP) is 1.64. The number of carbonyl (C=O) groups excluding carboxylic acids is 1. The SMILES string of the molecule is CC(=O)c1ccc[n+](Cc2cccc(O)c2O)c1. The molecule has 1 aromatic heterocycles. The maximum atomic E-state index is 11.3. The fourth-order valence-electron chi connectivity index (χ4n) is 1.73. The Hall–Kier alpha value is -2.36. The summed E-state index contributed by atoms with van der Waals surface area (Å²) in [4.78, 5) is 11.3. The van der Waals surface area contributed by atoms with Crippen LogP contribution >= 0.6 is 0 Å². The zero-order chi connectivity index (χ0) is 13.1. The highest BCUT2D eigenvalue weighted by Crippen LogP contribution is 2.27. The number of benzene rings is 1. The Morgan fingerprint density at radius 2 is 2.00 bits per heavy atom. The van der Waals surface area contributed by atoms with Gasteiger partial charge in [0.1, 0.15) is 0 Å². The van der Waals surface area contributed by atoms with Gasteiger partial charge in [-0.3, -0.25) is 4.79 Å². The molecule has 4 heteroatoms. The number of carbonyl (C=O) groups is 1. The molecule has 92 valence electrons. The lowest BCUT2D eigenvalue weighted by Gasteiger charge is -2.03. The first-order valence-electron chi connectivity index (χ1n) is 5.58. The highest BCUT2D eigenvalue weighted by molar-refractivity contribution is 5.93.